The second-order valence-electron chi connectivity index (χ2n) is 4.94. The van der Waals surface area contributed by atoms with Crippen molar-refractivity contribution >= 4 is 23.4 Å². The Bertz CT molecular complexity index is 580. The summed E-state index contributed by atoms with van der Waals surface area (Å²) in [5.41, 5.74) is 3.22. The minimum absolute atomic E-state index is 0.139. The van der Waals surface area contributed by atoms with Gasteiger partial charge in [-0.05, 0) is 37.8 Å². The maximum atomic E-state index is 12.9. The Kier molecular flexibility index (Phi) is 5.45. The van der Waals surface area contributed by atoms with Gasteiger partial charge in [0, 0.05) is 12.2 Å². The number of rotatable bonds is 5. The molecule has 0 fully saturated rings. The number of amides is 1. The number of benzene rings is 2. The highest BCUT2D eigenvalue weighted by Crippen LogP contribution is 2.30. The smallest absolute Gasteiger partial charge is 0.244 e. The molecule has 2 rings (SSSR count). The molecule has 0 saturated carbocycles. The van der Waals surface area contributed by atoms with Gasteiger partial charge in [0.25, 0.3) is 0 Å². The summed E-state index contributed by atoms with van der Waals surface area (Å²) in [5.74, 6) is 0.139. The lowest BCUT2D eigenvalue weighted by molar-refractivity contribution is -0.118. The fourth-order valence-corrected chi connectivity index (χ4v) is 3.10. The molecule has 21 heavy (non-hydrogen) atoms. The molecular formula is C18H21NOS. The average molecular weight is 299 g/mol. The third kappa shape index (κ3) is 3.67. The molecule has 0 aliphatic heterocycles. The van der Waals surface area contributed by atoms with Gasteiger partial charge in [-0.2, -0.15) is 0 Å². The van der Waals surface area contributed by atoms with E-state index in [2.05, 4.69) is 6.92 Å². The van der Waals surface area contributed by atoms with Gasteiger partial charge >= 0.3 is 0 Å². The van der Waals surface area contributed by atoms with Crippen LogP contribution in [0.3, 0.4) is 0 Å². The standard InChI is InChI=1S/C18H21NOS/c1-4-19(16-12-10-14(2)11-13-16)18(20)17(21-3)15-8-6-5-7-9-15/h5-13,17H,4H2,1-3H3. The van der Waals surface area contributed by atoms with Gasteiger partial charge in [-0.3, -0.25) is 4.79 Å². The van der Waals surface area contributed by atoms with Crippen molar-refractivity contribution in [2.24, 2.45) is 0 Å². The first-order chi connectivity index (χ1) is 10.2. The van der Waals surface area contributed by atoms with Crippen LogP contribution in [-0.2, 0) is 4.79 Å². The summed E-state index contributed by atoms with van der Waals surface area (Å²) in [6.45, 7) is 4.74. The van der Waals surface area contributed by atoms with Crippen LogP contribution in [0.15, 0.2) is 54.6 Å². The molecular weight excluding hydrogens is 278 g/mol. The topological polar surface area (TPSA) is 20.3 Å². The molecule has 0 radical (unpaired) electrons. The van der Waals surface area contributed by atoms with E-state index in [1.165, 1.54) is 5.56 Å². The van der Waals surface area contributed by atoms with E-state index in [-0.39, 0.29) is 11.2 Å². The van der Waals surface area contributed by atoms with Crippen LogP contribution in [-0.4, -0.2) is 18.7 Å². The Balaban J connectivity index is 2.28. The summed E-state index contributed by atoms with van der Waals surface area (Å²) in [6, 6.07) is 18.1. The Morgan fingerprint density at radius 3 is 2.24 bits per heavy atom. The number of aryl methyl sites for hydroxylation is 1. The second kappa shape index (κ2) is 7.32. The van der Waals surface area contributed by atoms with Gasteiger partial charge in [0.1, 0.15) is 5.25 Å². The quantitative estimate of drug-likeness (QED) is 0.813. The predicted molar refractivity (Wildman–Crippen MR) is 91.9 cm³/mol. The normalized spacial score (nSPS) is 12.0. The monoisotopic (exact) mass is 299 g/mol. The lowest BCUT2D eigenvalue weighted by Crippen LogP contribution is -2.34. The zero-order chi connectivity index (χ0) is 15.2. The zero-order valence-corrected chi connectivity index (χ0v) is 13.6. The minimum atomic E-state index is -0.160. The number of hydrogen-bond acceptors (Lipinski definition) is 2. The lowest BCUT2D eigenvalue weighted by Gasteiger charge is -2.26. The first-order valence-corrected chi connectivity index (χ1v) is 8.42. The van der Waals surface area contributed by atoms with Crippen LogP contribution in [0.4, 0.5) is 5.69 Å². The average Bonchev–Trinajstić information content (AvgIpc) is 2.52. The van der Waals surface area contributed by atoms with E-state index in [1.54, 1.807) is 11.8 Å². The van der Waals surface area contributed by atoms with Crippen molar-refractivity contribution in [2.45, 2.75) is 19.1 Å². The highest BCUT2D eigenvalue weighted by atomic mass is 32.2. The zero-order valence-electron chi connectivity index (χ0n) is 12.7. The van der Waals surface area contributed by atoms with E-state index >= 15 is 0 Å². The Morgan fingerprint density at radius 1 is 1.10 bits per heavy atom. The molecule has 0 saturated heterocycles. The maximum Gasteiger partial charge on any atom is 0.244 e. The molecule has 0 N–H and O–H groups in total. The fourth-order valence-electron chi connectivity index (χ4n) is 2.34. The molecule has 0 aromatic heterocycles. The maximum absolute atomic E-state index is 12.9. The first-order valence-electron chi connectivity index (χ1n) is 7.13. The lowest BCUT2D eigenvalue weighted by atomic mass is 10.1. The van der Waals surface area contributed by atoms with E-state index in [0.29, 0.717) is 6.54 Å². The fraction of sp³-hybridized carbons (Fsp3) is 0.278. The van der Waals surface area contributed by atoms with Gasteiger partial charge in [-0.15, -0.1) is 11.8 Å². The molecule has 0 spiro atoms. The number of anilines is 1. The SMILES string of the molecule is CCN(C(=O)C(SC)c1ccccc1)c1ccc(C)cc1. The number of thioether (sulfide) groups is 1. The van der Waals surface area contributed by atoms with Crippen LogP contribution < -0.4 is 4.90 Å². The van der Waals surface area contributed by atoms with Crippen LogP contribution in [0.2, 0.25) is 0 Å². The first kappa shape index (κ1) is 15.6. The van der Waals surface area contributed by atoms with E-state index < -0.39 is 0 Å². The largest absolute Gasteiger partial charge is 0.311 e. The van der Waals surface area contributed by atoms with Crippen LogP contribution in [0, 0.1) is 6.92 Å². The molecule has 2 aromatic rings. The molecule has 1 amide bonds. The van der Waals surface area contributed by atoms with Crippen molar-refractivity contribution in [3.8, 4) is 0 Å². The van der Waals surface area contributed by atoms with Crippen molar-refractivity contribution < 1.29 is 4.79 Å². The van der Waals surface area contributed by atoms with Crippen LogP contribution >= 0.6 is 11.8 Å². The second-order valence-corrected chi connectivity index (χ2v) is 5.89. The van der Waals surface area contributed by atoms with Crippen molar-refractivity contribution in [3.63, 3.8) is 0 Å². The molecule has 0 heterocycles. The number of likely N-dealkylation sites (N-methyl/N-ethyl adjacent to an activating group) is 1. The Hall–Kier alpha value is -1.74. The molecule has 110 valence electrons. The summed E-state index contributed by atoms with van der Waals surface area (Å²) in [6.07, 6.45) is 1.98. The van der Waals surface area contributed by atoms with Crippen molar-refractivity contribution in [1.82, 2.24) is 0 Å². The number of nitrogens with zero attached hydrogens (tertiary/aromatic N) is 1. The highest BCUT2D eigenvalue weighted by molar-refractivity contribution is 7.99. The van der Waals surface area contributed by atoms with Crippen LogP contribution in [0.5, 0.6) is 0 Å². The van der Waals surface area contributed by atoms with Crippen LogP contribution in [0.25, 0.3) is 0 Å². The molecule has 2 nitrogen and oxygen atoms in total. The Labute approximate surface area is 131 Å². The third-order valence-corrected chi connectivity index (χ3v) is 4.44. The van der Waals surface area contributed by atoms with Crippen LogP contribution in [0.1, 0.15) is 23.3 Å². The molecule has 0 aliphatic rings. The third-order valence-electron chi connectivity index (χ3n) is 3.49. The molecule has 1 atom stereocenters. The molecule has 0 aliphatic carbocycles. The molecule has 2 aromatic carbocycles. The predicted octanol–water partition coefficient (Wildman–Crippen LogP) is 4.45. The van der Waals surface area contributed by atoms with E-state index in [1.807, 2.05) is 72.7 Å². The van der Waals surface area contributed by atoms with E-state index in [4.69, 9.17) is 0 Å². The number of hydrogen-bond donors (Lipinski definition) is 0. The van der Waals surface area contributed by atoms with Gasteiger partial charge in [0.2, 0.25) is 5.91 Å². The van der Waals surface area contributed by atoms with Gasteiger partial charge in [-0.25, -0.2) is 0 Å². The minimum Gasteiger partial charge on any atom is -0.311 e. The van der Waals surface area contributed by atoms with Gasteiger partial charge in [-0.1, -0.05) is 48.0 Å². The summed E-state index contributed by atoms with van der Waals surface area (Å²) in [5, 5.41) is -0.160. The van der Waals surface area contributed by atoms with E-state index in [9.17, 15) is 4.79 Å². The number of carbonyl (C=O) groups excluding carboxylic acids is 1. The van der Waals surface area contributed by atoms with Gasteiger partial charge < -0.3 is 4.90 Å². The van der Waals surface area contributed by atoms with Gasteiger partial charge in [0.15, 0.2) is 0 Å². The summed E-state index contributed by atoms with van der Waals surface area (Å²) in [7, 11) is 0. The Morgan fingerprint density at radius 2 is 1.71 bits per heavy atom. The summed E-state index contributed by atoms with van der Waals surface area (Å²) in [4.78, 5) is 14.8. The summed E-state index contributed by atoms with van der Waals surface area (Å²) < 4.78 is 0. The molecule has 3 heteroatoms. The van der Waals surface area contributed by atoms with Crippen molar-refractivity contribution in [2.75, 3.05) is 17.7 Å². The molecule has 1 unspecified atom stereocenters. The van der Waals surface area contributed by atoms with E-state index in [0.717, 1.165) is 11.3 Å². The van der Waals surface area contributed by atoms with Crippen molar-refractivity contribution in [3.05, 3.63) is 65.7 Å². The summed E-state index contributed by atoms with van der Waals surface area (Å²) >= 11 is 1.58. The molecule has 0 bridgehead atoms. The van der Waals surface area contributed by atoms with Crippen molar-refractivity contribution in [1.29, 1.82) is 0 Å². The number of carbonyl (C=O) groups is 1. The highest BCUT2D eigenvalue weighted by Gasteiger charge is 2.25. The van der Waals surface area contributed by atoms with Gasteiger partial charge in [0.05, 0.1) is 0 Å².